The van der Waals surface area contributed by atoms with Crippen LogP contribution in [0.5, 0.6) is 5.75 Å². The number of ether oxygens (including phenoxy) is 1. The van der Waals surface area contributed by atoms with Crippen LogP contribution in [0.3, 0.4) is 0 Å². The molecule has 0 fully saturated rings. The fourth-order valence-electron chi connectivity index (χ4n) is 3.63. The number of amides is 3. The van der Waals surface area contributed by atoms with Gasteiger partial charge in [-0.3, -0.25) is 14.4 Å². The van der Waals surface area contributed by atoms with Crippen molar-refractivity contribution < 1.29 is 19.1 Å². The number of nitrogens with one attached hydrogen (secondary N) is 1. The molecule has 5 N–H and O–H groups in total. The molecule has 0 aliphatic carbocycles. The maximum Gasteiger partial charge on any atom is 0.270 e. The van der Waals surface area contributed by atoms with Crippen molar-refractivity contribution in [3.63, 3.8) is 0 Å². The summed E-state index contributed by atoms with van der Waals surface area (Å²) in [6, 6.07) is 13.6. The van der Waals surface area contributed by atoms with Gasteiger partial charge in [0.15, 0.2) is 5.69 Å². The molecule has 1 heterocycles. The van der Waals surface area contributed by atoms with E-state index in [2.05, 4.69) is 9.69 Å². The van der Waals surface area contributed by atoms with E-state index in [0.717, 1.165) is 22.7 Å². The molecule has 2 aromatic carbocycles. The molecule has 0 radical (unpaired) electrons. The average molecular weight is 510 g/mol. The van der Waals surface area contributed by atoms with Gasteiger partial charge >= 0.3 is 0 Å². The van der Waals surface area contributed by atoms with Gasteiger partial charge in [-0.25, -0.2) is 0 Å². The third-order valence-electron chi connectivity index (χ3n) is 5.38. The first-order valence-electron chi connectivity index (χ1n) is 11.3. The van der Waals surface area contributed by atoms with Crippen molar-refractivity contribution in [1.82, 2.24) is 14.6 Å². The lowest BCUT2D eigenvalue weighted by Gasteiger charge is -2.33. The Morgan fingerprint density at radius 1 is 1.08 bits per heavy atom. The van der Waals surface area contributed by atoms with Gasteiger partial charge in [0.2, 0.25) is 5.91 Å². The Hall–Kier alpha value is -3.92. The Kier molecular flexibility index (Phi) is 7.99. The first-order chi connectivity index (χ1) is 16.9. The van der Waals surface area contributed by atoms with E-state index >= 15 is 0 Å². The van der Waals surface area contributed by atoms with E-state index < -0.39 is 23.4 Å². The Morgan fingerprint density at radius 3 is 2.19 bits per heavy atom. The SMILES string of the molecule is COc1ccc(CN(C(=O)c2snc(C(N)=O)c2N)C(C(=O)NC(C)(C)C)c2ccc(C)cc2)cc1. The lowest BCUT2D eigenvalue weighted by atomic mass is 9.99. The number of carbonyl (C=O) groups excluding carboxylic acids is 3. The second-order valence-electron chi connectivity index (χ2n) is 9.47. The summed E-state index contributed by atoms with van der Waals surface area (Å²) in [4.78, 5) is 40.8. The molecule has 10 heteroatoms. The molecule has 0 bridgehead atoms. The smallest absolute Gasteiger partial charge is 0.270 e. The molecule has 1 aromatic heterocycles. The van der Waals surface area contributed by atoms with Crippen LogP contribution in [-0.2, 0) is 11.3 Å². The minimum absolute atomic E-state index is 0.0398. The van der Waals surface area contributed by atoms with Gasteiger partial charge in [-0.05, 0) is 62.5 Å². The van der Waals surface area contributed by atoms with Crippen molar-refractivity contribution >= 4 is 34.9 Å². The highest BCUT2D eigenvalue weighted by molar-refractivity contribution is 7.09. The first kappa shape index (κ1) is 26.7. The third-order valence-corrected chi connectivity index (χ3v) is 6.23. The van der Waals surface area contributed by atoms with Crippen LogP contribution in [-0.4, -0.2) is 39.6 Å². The van der Waals surface area contributed by atoms with Crippen molar-refractivity contribution in [1.29, 1.82) is 0 Å². The largest absolute Gasteiger partial charge is 0.497 e. The number of rotatable bonds is 8. The highest BCUT2D eigenvalue weighted by atomic mass is 32.1. The number of anilines is 1. The number of benzene rings is 2. The van der Waals surface area contributed by atoms with Crippen molar-refractivity contribution in [3.05, 3.63) is 75.8 Å². The molecule has 0 aliphatic heterocycles. The second kappa shape index (κ2) is 10.8. The second-order valence-corrected chi connectivity index (χ2v) is 10.2. The van der Waals surface area contributed by atoms with Crippen LogP contribution in [0.2, 0.25) is 0 Å². The van der Waals surface area contributed by atoms with Gasteiger partial charge in [-0.15, -0.1) is 0 Å². The van der Waals surface area contributed by atoms with E-state index in [4.69, 9.17) is 16.2 Å². The Balaban J connectivity index is 2.15. The van der Waals surface area contributed by atoms with E-state index in [1.807, 2.05) is 64.1 Å². The summed E-state index contributed by atoms with van der Waals surface area (Å²) in [5, 5.41) is 2.99. The van der Waals surface area contributed by atoms with E-state index in [0.29, 0.717) is 11.3 Å². The van der Waals surface area contributed by atoms with Crippen molar-refractivity contribution in [3.8, 4) is 5.75 Å². The van der Waals surface area contributed by atoms with Gasteiger partial charge in [-0.1, -0.05) is 42.0 Å². The van der Waals surface area contributed by atoms with Crippen LogP contribution < -0.4 is 21.5 Å². The van der Waals surface area contributed by atoms with Crippen LogP contribution in [0, 0.1) is 6.92 Å². The van der Waals surface area contributed by atoms with Crippen molar-refractivity contribution in [2.45, 2.75) is 45.8 Å². The topological polar surface area (TPSA) is 141 Å². The van der Waals surface area contributed by atoms with E-state index in [1.165, 1.54) is 4.90 Å². The van der Waals surface area contributed by atoms with Gasteiger partial charge in [-0.2, -0.15) is 4.37 Å². The maximum atomic E-state index is 13.9. The molecular weight excluding hydrogens is 478 g/mol. The van der Waals surface area contributed by atoms with E-state index in [9.17, 15) is 14.4 Å². The number of methoxy groups -OCH3 is 1. The molecular formula is C26H31N5O4S. The number of nitrogen functional groups attached to an aromatic ring is 1. The molecule has 0 saturated heterocycles. The summed E-state index contributed by atoms with van der Waals surface area (Å²) in [5.74, 6) is -1.06. The normalized spacial score (nSPS) is 12.0. The van der Waals surface area contributed by atoms with Crippen molar-refractivity contribution in [2.24, 2.45) is 5.73 Å². The summed E-state index contributed by atoms with van der Waals surface area (Å²) in [6.45, 7) is 7.63. The molecule has 3 amide bonds. The number of nitrogens with zero attached hydrogens (tertiary/aromatic N) is 2. The summed E-state index contributed by atoms with van der Waals surface area (Å²) in [5.41, 5.74) is 13.1. The summed E-state index contributed by atoms with van der Waals surface area (Å²) < 4.78 is 9.22. The Morgan fingerprint density at radius 2 is 1.69 bits per heavy atom. The lowest BCUT2D eigenvalue weighted by molar-refractivity contribution is -0.127. The molecule has 0 aliphatic rings. The zero-order chi connectivity index (χ0) is 26.6. The maximum absolute atomic E-state index is 13.9. The quantitative estimate of drug-likeness (QED) is 0.425. The highest BCUT2D eigenvalue weighted by Crippen LogP contribution is 2.31. The predicted octanol–water partition coefficient (Wildman–Crippen LogP) is 3.44. The molecule has 1 atom stereocenters. The summed E-state index contributed by atoms with van der Waals surface area (Å²) in [6.07, 6.45) is 0. The van der Waals surface area contributed by atoms with Crippen LogP contribution >= 0.6 is 11.5 Å². The van der Waals surface area contributed by atoms with Gasteiger partial charge in [0.1, 0.15) is 16.7 Å². The van der Waals surface area contributed by atoms with E-state index in [1.54, 1.807) is 19.2 Å². The zero-order valence-electron chi connectivity index (χ0n) is 21.0. The minimum Gasteiger partial charge on any atom is -0.497 e. The standard InChI is InChI=1S/C26H31N5O4S/c1-15-6-10-17(11-7-15)21(24(33)29-26(2,3)4)31(14-16-8-12-18(35-5)13-9-16)25(34)22-19(27)20(23(28)32)30-36-22/h6-13,21H,14,27H2,1-5H3,(H2,28,32)(H,29,33). The monoisotopic (exact) mass is 509 g/mol. The van der Waals surface area contributed by atoms with Crippen LogP contribution in [0.1, 0.15) is 63.7 Å². The third kappa shape index (κ3) is 6.19. The molecule has 0 spiro atoms. The van der Waals surface area contributed by atoms with Crippen LogP contribution in [0.4, 0.5) is 5.69 Å². The van der Waals surface area contributed by atoms with Crippen molar-refractivity contribution in [2.75, 3.05) is 12.8 Å². The number of aromatic nitrogens is 1. The molecule has 190 valence electrons. The Bertz CT molecular complexity index is 1250. The number of aryl methyl sites for hydroxylation is 1. The first-order valence-corrected chi connectivity index (χ1v) is 12.1. The average Bonchev–Trinajstić information content (AvgIpc) is 3.20. The molecule has 36 heavy (non-hydrogen) atoms. The number of primary amides is 1. The molecule has 3 rings (SSSR count). The summed E-state index contributed by atoms with van der Waals surface area (Å²) >= 11 is 0.779. The van der Waals surface area contributed by atoms with Gasteiger partial charge in [0.25, 0.3) is 11.8 Å². The van der Waals surface area contributed by atoms with Crippen LogP contribution in [0.15, 0.2) is 48.5 Å². The number of carbonyl (C=O) groups is 3. The fourth-order valence-corrected chi connectivity index (χ4v) is 4.39. The number of nitrogens with two attached hydrogens (primary N) is 2. The molecule has 1 unspecified atom stereocenters. The Labute approximate surface area is 214 Å². The molecule has 0 saturated carbocycles. The van der Waals surface area contributed by atoms with Gasteiger partial charge in [0.05, 0.1) is 12.8 Å². The highest BCUT2D eigenvalue weighted by Gasteiger charge is 2.36. The number of hydrogen-bond donors (Lipinski definition) is 3. The van der Waals surface area contributed by atoms with Gasteiger partial charge < -0.3 is 26.4 Å². The zero-order valence-corrected chi connectivity index (χ0v) is 21.8. The van der Waals surface area contributed by atoms with E-state index in [-0.39, 0.29) is 28.7 Å². The molecule has 3 aromatic rings. The molecule has 9 nitrogen and oxygen atoms in total. The predicted molar refractivity (Wildman–Crippen MR) is 140 cm³/mol. The minimum atomic E-state index is -0.988. The van der Waals surface area contributed by atoms with Gasteiger partial charge in [0, 0.05) is 12.1 Å². The van der Waals surface area contributed by atoms with Crippen LogP contribution in [0.25, 0.3) is 0 Å². The summed E-state index contributed by atoms with van der Waals surface area (Å²) in [7, 11) is 1.57. The fraction of sp³-hybridized carbons (Fsp3) is 0.308. The number of hydrogen-bond acceptors (Lipinski definition) is 7. The lowest BCUT2D eigenvalue weighted by Crippen LogP contribution is -2.49.